The van der Waals surface area contributed by atoms with Crippen LogP contribution in [0, 0.1) is 18.6 Å². The minimum Gasteiger partial charge on any atom is -0.322 e. The molecular formula is C14H12BrF2N3O. The molecule has 4 N–H and O–H groups in total. The second kappa shape index (κ2) is 6.19. The monoisotopic (exact) mass is 355 g/mol. The van der Waals surface area contributed by atoms with E-state index in [-0.39, 0.29) is 5.56 Å². The second-order valence-electron chi connectivity index (χ2n) is 4.37. The van der Waals surface area contributed by atoms with Crippen LogP contribution in [0.2, 0.25) is 0 Å². The fourth-order valence-electron chi connectivity index (χ4n) is 1.77. The van der Waals surface area contributed by atoms with Crippen molar-refractivity contribution < 1.29 is 13.6 Å². The van der Waals surface area contributed by atoms with Crippen LogP contribution in [0.5, 0.6) is 0 Å². The molecule has 0 aliphatic rings. The van der Waals surface area contributed by atoms with Gasteiger partial charge in [-0.15, -0.1) is 0 Å². The molecule has 4 nitrogen and oxygen atoms in total. The number of carbonyl (C=O) groups is 1. The molecule has 0 bridgehead atoms. The number of nitrogen functional groups attached to an aromatic ring is 1. The van der Waals surface area contributed by atoms with E-state index in [9.17, 15) is 13.6 Å². The molecule has 21 heavy (non-hydrogen) atoms. The van der Waals surface area contributed by atoms with Crippen molar-refractivity contribution in [3.63, 3.8) is 0 Å². The third-order valence-corrected chi connectivity index (χ3v) is 3.39. The Kier molecular flexibility index (Phi) is 4.54. The molecule has 0 fully saturated rings. The molecule has 0 unspecified atom stereocenters. The third-order valence-electron chi connectivity index (χ3n) is 2.90. The summed E-state index contributed by atoms with van der Waals surface area (Å²) in [6, 6.07) is 7.17. The zero-order valence-corrected chi connectivity index (χ0v) is 12.6. The zero-order chi connectivity index (χ0) is 15.6. The fraction of sp³-hybridized carbons (Fsp3) is 0.0714. The normalized spacial score (nSPS) is 10.3. The Bertz CT molecular complexity index is 684. The van der Waals surface area contributed by atoms with Crippen LogP contribution < -0.4 is 16.6 Å². The number of amides is 1. The largest absolute Gasteiger partial charge is 0.322 e. The van der Waals surface area contributed by atoms with Gasteiger partial charge < -0.3 is 10.7 Å². The highest BCUT2D eigenvalue weighted by Gasteiger charge is 2.15. The predicted molar refractivity (Wildman–Crippen MR) is 81.0 cm³/mol. The van der Waals surface area contributed by atoms with Crippen LogP contribution in [-0.2, 0) is 0 Å². The molecule has 0 saturated heterocycles. The summed E-state index contributed by atoms with van der Waals surface area (Å²) >= 11 is 3.29. The number of hydrazine groups is 1. The van der Waals surface area contributed by atoms with Crippen LogP contribution in [0.1, 0.15) is 15.9 Å². The number of aryl methyl sites for hydroxylation is 1. The summed E-state index contributed by atoms with van der Waals surface area (Å²) in [4.78, 5) is 12.1. The van der Waals surface area contributed by atoms with E-state index in [1.54, 1.807) is 6.07 Å². The summed E-state index contributed by atoms with van der Waals surface area (Å²) in [7, 11) is 0. The molecule has 0 aliphatic carbocycles. The van der Waals surface area contributed by atoms with Gasteiger partial charge in [-0.1, -0.05) is 22.0 Å². The molecule has 0 saturated carbocycles. The number of halogens is 3. The van der Waals surface area contributed by atoms with Crippen molar-refractivity contribution in [3.05, 3.63) is 57.6 Å². The minimum absolute atomic E-state index is 0.136. The van der Waals surface area contributed by atoms with E-state index in [4.69, 9.17) is 5.84 Å². The van der Waals surface area contributed by atoms with E-state index in [0.29, 0.717) is 5.69 Å². The highest BCUT2D eigenvalue weighted by molar-refractivity contribution is 9.10. The smallest absolute Gasteiger partial charge is 0.255 e. The molecule has 0 heterocycles. The highest BCUT2D eigenvalue weighted by atomic mass is 79.9. The van der Waals surface area contributed by atoms with Crippen molar-refractivity contribution in [1.29, 1.82) is 0 Å². The molecule has 7 heteroatoms. The number of rotatable bonds is 3. The van der Waals surface area contributed by atoms with Crippen LogP contribution in [-0.4, -0.2) is 5.91 Å². The Morgan fingerprint density at radius 3 is 2.38 bits per heavy atom. The Labute approximate surface area is 128 Å². The van der Waals surface area contributed by atoms with Crippen molar-refractivity contribution >= 4 is 33.2 Å². The van der Waals surface area contributed by atoms with Gasteiger partial charge >= 0.3 is 0 Å². The third kappa shape index (κ3) is 3.37. The van der Waals surface area contributed by atoms with Crippen molar-refractivity contribution in [1.82, 2.24) is 0 Å². The molecule has 0 spiro atoms. The van der Waals surface area contributed by atoms with E-state index < -0.39 is 23.2 Å². The maximum absolute atomic E-state index is 13.6. The summed E-state index contributed by atoms with van der Waals surface area (Å²) in [5.74, 6) is 2.52. The lowest BCUT2D eigenvalue weighted by Crippen LogP contribution is -2.16. The van der Waals surface area contributed by atoms with Gasteiger partial charge in [0.25, 0.3) is 5.91 Å². The Hall–Kier alpha value is -1.99. The van der Waals surface area contributed by atoms with Crippen LogP contribution in [0.4, 0.5) is 20.2 Å². The number of hydrogen-bond donors (Lipinski definition) is 3. The fourth-order valence-corrected chi connectivity index (χ4v) is 2.13. The van der Waals surface area contributed by atoms with Crippen molar-refractivity contribution in [2.75, 3.05) is 10.7 Å². The lowest BCUT2D eigenvalue weighted by atomic mass is 10.1. The van der Waals surface area contributed by atoms with E-state index in [1.807, 2.05) is 24.5 Å². The molecule has 2 aromatic carbocycles. The lowest BCUT2D eigenvalue weighted by molar-refractivity contribution is 0.102. The molecule has 110 valence electrons. The second-order valence-corrected chi connectivity index (χ2v) is 5.29. The number of nitrogens with two attached hydrogens (primary N) is 1. The summed E-state index contributed by atoms with van der Waals surface area (Å²) in [6.45, 7) is 1.81. The number of carbonyl (C=O) groups excluding carboxylic acids is 1. The first kappa shape index (κ1) is 15.4. The van der Waals surface area contributed by atoms with Gasteiger partial charge in [0.1, 0.15) is 5.69 Å². The Morgan fingerprint density at radius 1 is 1.19 bits per heavy atom. The molecule has 0 aliphatic heterocycles. The molecule has 0 atom stereocenters. The summed E-state index contributed by atoms with van der Waals surface area (Å²) in [6.07, 6.45) is 0. The van der Waals surface area contributed by atoms with Crippen molar-refractivity contribution in [3.8, 4) is 0 Å². The molecule has 0 radical (unpaired) electrons. The number of benzene rings is 2. The van der Waals surface area contributed by atoms with Gasteiger partial charge in [-0.05, 0) is 36.8 Å². The molecule has 0 aromatic heterocycles. The topological polar surface area (TPSA) is 67.2 Å². The average molecular weight is 356 g/mol. The zero-order valence-electron chi connectivity index (χ0n) is 11.0. The predicted octanol–water partition coefficient (Wildman–Crippen LogP) is 3.57. The average Bonchev–Trinajstić information content (AvgIpc) is 2.42. The van der Waals surface area contributed by atoms with Gasteiger partial charge in [-0.2, -0.15) is 0 Å². The van der Waals surface area contributed by atoms with E-state index in [0.717, 1.165) is 22.2 Å². The van der Waals surface area contributed by atoms with Crippen LogP contribution in [0.3, 0.4) is 0 Å². The quantitative estimate of drug-likeness (QED) is 0.582. The van der Waals surface area contributed by atoms with Gasteiger partial charge in [0.2, 0.25) is 0 Å². The number of hydrogen-bond acceptors (Lipinski definition) is 3. The van der Waals surface area contributed by atoms with Gasteiger partial charge in [0.05, 0.1) is 0 Å². The van der Waals surface area contributed by atoms with Crippen molar-refractivity contribution in [2.24, 2.45) is 5.84 Å². The van der Waals surface area contributed by atoms with Crippen molar-refractivity contribution in [2.45, 2.75) is 6.92 Å². The first-order chi connectivity index (χ1) is 9.92. The van der Waals surface area contributed by atoms with E-state index >= 15 is 0 Å². The Morgan fingerprint density at radius 2 is 1.81 bits per heavy atom. The molecular weight excluding hydrogens is 344 g/mol. The summed E-state index contributed by atoms with van der Waals surface area (Å²) in [5.41, 5.74) is 2.67. The molecule has 2 aromatic rings. The van der Waals surface area contributed by atoms with Gasteiger partial charge in [-0.3, -0.25) is 10.6 Å². The summed E-state index contributed by atoms with van der Waals surface area (Å²) < 4.78 is 27.9. The maximum atomic E-state index is 13.6. The number of anilines is 2. The maximum Gasteiger partial charge on any atom is 0.255 e. The van der Waals surface area contributed by atoms with E-state index in [1.165, 1.54) is 0 Å². The summed E-state index contributed by atoms with van der Waals surface area (Å²) in [5, 5.41) is 2.61. The van der Waals surface area contributed by atoms with Gasteiger partial charge in [0.15, 0.2) is 11.6 Å². The standard InChI is InChI=1S/C14H12BrF2N3O/c1-7-2-3-9(15)6-12(7)19-14(21)8-4-10(16)13(20-18)11(17)5-8/h2-6,20H,18H2,1H3,(H,19,21). The molecule has 2 rings (SSSR count). The SMILES string of the molecule is Cc1ccc(Br)cc1NC(=O)c1cc(F)c(NN)c(F)c1. The van der Waals surface area contributed by atoms with Gasteiger partial charge in [0, 0.05) is 15.7 Å². The number of nitrogens with one attached hydrogen (secondary N) is 2. The van der Waals surface area contributed by atoms with Crippen LogP contribution in [0.25, 0.3) is 0 Å². The van der Waals surface area contributed by atoms with Crippen LogP contribution in [0.15, 0.2) is 34.8 Å². The lowest BCUT2D eigenvalue weighted by Gasteiger charge is -2.10. The Balaban J connectivity index is 2.31. The minimum atomic E-state index is -0.936. The van der Waals surface area contributed by atoms with E-state index in [2.05, 4.69) is 21.2 Å². The van der Waals surface area contributed by atoms with Gasteiger partial charge in [-0.25, -0.2) is 8.78 Å². The first-order valence-corrected chi connectivity index (χ1v) is 6.75. The van der Waals surface area contributed by atoms with Crippen LogP contribution >= 0.6 is 15.9 Å². The highest BCUT2D eigenvalue weighted by Crippen LogP contribution is 2.23. The first-order valence-electron chi connectivity index (χ1n) is 5.95. The molecule has 1 amide bonds.